The van der Waals surface area contributed by atoms with Crippen LogP contribution in [0.2, 0.25) is 0 Å². The monoisotopic (exact) mass is 584 g/mol. The predicted molar refractivity (Wildman–Crippen MR) is 160 cm³/mol. The first-order valence-corrected chi connectivity index (χ1v) is 15.6. The first-order valence-electron chi connectivity index (χ1n) is 13.3. The van der Waals surface area contributed by atoms with Crippen LogP contribution in [0.4, 0.5) is 5.13 Å². The van der Waals surface area contributed by atoms with Crippen molar-refractivity contribution in [2.45, 2.75) is 31.3 Å². The fraction of sp³-hybridized carbons (Fsp3) is 0.194. The molecule has 0 bridgehead atoms. The summed E-state index contributed by atoms with van der Waals surface area (Å²) in [5, 5.41) is 0.534. The zero-order valence-electron chi connectivity index (χ0n) is 22.4. The fourth-order valence-electron chi connectivity index (χ4n) is 4.91. The van der Waals surface area contributed by atoms with Gasteiger partial charge in [0.1, 0.15) is 5.75 Å². The van der Waals surface area contributed by atoms with Crippen molar-refractivity contribution in [1.29, 1.82) is 0 Å². The second kappa shape index (κ2) is 11.4. The number of rotatable bonds is 8. The van der Waals surface area contributed by atoms with Gasteiger partial charge in [0.25, 0.3) is 5.91 Å². The minimum Gasteiger partial charge on any atom is -0.494 e. The van der Waals surface area contributed by atoms with Crippen molar-refractivity contribution in [2.75, 3.05) is 18.1 Å². The van der Waals surface area contributed by atoms with Gasteiger partial charge in [-0.2, -0.15) is 4.31 Å². The number of sulfonamides is 1. The molecule has 1 amide bonds. The number of nitrogens with zero attached hydrogens (tertiary/aromatic N) is 4. The van der Waals surface area contributed by atoms with Crippen LogP contribution in [0.25, 0.3) is 10.2 Å². The van der Waals surface area contributed by atoms with Gasteiger partial charge >= 0.3 is 0 Å². The van der Waals surface area contributed by atoms with Crippen LogP contribution in [0.1, 0.15) is 34.0 Å². The van der Waals surface area contributed by atoms with Gasteiger partial charge in [-0.1, -0.05) is 41.7 Å². The second-order valence-corrected chi connectivity index (χ2v) is 12.6. The average molecular weight is 585 g/mol. The van der Waals surface area contributed by atoms with E-state index in [1.54, 1.807) is 29.4 Å². The van der Waals surface area contributed by atoms with E-state index in [0.29, 0.717) is 36.8 Å². The van der Waals surface area contributed by atoms with Crippen molar-refractivity contribution in [3.8, 4) is 5.75 Å². The van der Waals surface area contributed by atoms with Gasteiger partial charge in [0.2, 0.25) is 10.0 Å². The Balaban J connectivity index is 1.29. The zero-order valence-corrected chi connectivity index (χ0v) is 24.1. The summed E-state index contributed by atoms with van der Waals surface area (Å²) in [4.78, 5) is 24.6. The minimum atomic E-state index is -3.72. The summed E-state index contributed by atoms with van der Waals surface area (Å²) < 4.78 is 34.9. The summed E-state index contributed by atoms with van der Waals surface area (Å²) in [6, 6.07) is 23.5. The van der Waals surface area contributed by atoms with E-state index in [0.717, 1.165) is 27.1 Å². The maximum absolute atomic E-state index is 13.9. The highest BCUT2D eigenvalue weighted by Crippen LogP contribution is 2.33. The van der Waals surface area contributed by atoms with E-state index in [1.807, 2.05) is 61.5 Å². The molecule has 2 aromatic heterocycles. The SMILES string of the molecule is CCOc1ccc2nc(N(Cc3cccnc3)C(=O)c3ccc(S(=O)(=O)N4CCc5ccccc5C4)cc3)sc2c1. The Morgan fingerprint density at radius 3 is 2.59 bits per heavy atom. The molecule has 0 N–H and O–H groups in total. The van der Waals surface area contributed by atoms with Crippen LogP contribution in [-0.4, -0.2) is 41.7 Å². The molecule has 0 unspecified atom stereocenters. The summed E-state index contributed by atoms with van der Waals surface area (Å²) in [7, 11) is -3.72. The maximum Gasteiger partial charge on any atom is 0.260 e. The van der Waals surface area contributed by atoms with Crippen LogP contribution in [0.5, 0.6) is 5.75 Å². The molecule has 8 nitrogen and oxygen atoms in total. The molecule has 5 aromatic rings. The molecule has 0 saturated carbocycles. The molecule has 41 heavy (non-hydrogen) atoms. The van der Waals surface area contributed by atoms with E-state index in [2.05, 4.69) is 4.98 Å². The molecule has 0 spiro atoms. The lowest BCUT2D eigenvalue weighted by molar-refractivity contribution is 0.0985. The average Bonchev–Trinajstić information content (AvgIpc) is 3.43. The molecule has 0 atom stereocenters. The number of fused-ring (bicyclic) bond motifs is 2. The summed E-state index contributed by atoms with van der Waals surface area (Å²) >= 11 is 1.40. The van der Waals surface area contributed by atoms with Gasteiger partial charge < -0.3 is 4.74 Å². The Hall–Kier alpha value is -4.12. The molecule has 0 aliphatic carbocycles. The lowest BCUT2D eigenvalue weighted by atomic mass is 10.0. The van der Waals surface area contributed by atoms with Crippen molar-refractivity contribution in [3.63, 3.8) is 0 Å². The molecule has 0 radical (unpaired) electrons. The number of pyridine rings is 1. The van der Waals surface area contributed by atoms with E-state index in [4.69, 9.17) is 9.72 Å². The van der Waals surface area contributed by atoms with Crippen molar-refractivity contribution < 1.29 is 17.9 Å². The number of amides is 1. The van der Waals surface area contributed by atoms with E-state index < -0.39 is 10.0 Å². The number of hydrogen-bond acceptors (Lipinski definition) is 7. The summed E-state index contributed by atoms with van der Waals surface area (Å²) in [6.45, 7) is 3.50. The predicted octanol–water partition coefficient (Wildman–Crippen LogP) is 5.68. The molecule has 0 fully saturated rings. The van der Waals surface area contributed by atoms with Crippen LogP contribution in [0.3, 0.4) is 0 Å². The summed E-state index contributed by atoms with van der Waals surface area (Å²) in [5.74, 6) is 0.461. The molecule has 3 aromatic carbocycles. The second-order valence-electron chi connectivity index (χ2n) is 9.69. The van der Waals surface area contributed by atoms with Gasteiger partial charge in [0.05, 0.1) is 28.3 Å². The third kappa shape index (κ3) is 5.58. The maximum atomic E-state index is 13.9. The summed E-state index contributed by atoms with van der Waals surface area (Å²) in [5.41, 5.74) is 4.18. The van der Waals surface area contributed by atoms with Crippen molar-refractivity contribution >= 4 is 42.6 Å². The van der Waals surface area contributed by atoms with Gasteiger partial charge in [0, 0.05) is 31.0 Å². The van der Waals surface area contributed by atoms with Gasteiger partial charge in [-0.25, -0.2) is 13.4 Å². The molecule has 1 aliphatic rings. The number of aromatic nitrogens is 2. The van der Waals surface area contributed by atoms with Gasteiger partial charge in [-0.05, 0) is 78.6 Å². The topological polar surface area (TPSA) is 92.7 Å². The number of benzene rings is 3. The highest BCUT2D eigenvalue weighted by molar-refractivity contribution is 7.89. The number of anilines is 1. The van der Waals surface area contributed by atoms with Gasteiger partial charge in [0.15, 0.2) is 5.13 Å². The number of carbonyl (C=O) groups is 1. The summed E-state index contributed by atoms with van der Waals surface area (Å²) in [6.07, 6.45) is 4.07. The van der Waals surface area contributed by atoms with E-state index in [1.165, 1.54) is 33.3 Å². The third-order valence-electron chi connectivity index (χ3n) is 7.03. The van der Waals surface area contributed by atoms with Crippen molar-refractivity contribution in [3.05, 3.63) is 114 Å². The first kappa shape index (κ1) is 27.1. The largest absolute Gasteiger partial charge is 0.494 e. The van der Waals surface area contributed by atoms with E-state index in [9.17, 15) is 13.2 Å². The Morgan fingerprint density at radius 1 is 1.02 bits per heavy atom. The molecule has 208 valence electrons. The van der Waals surface area contributed by atoms with Crippen LogP contribution in [0, 0.1) is 0 Å². The van der Waals surface area contributed by atoms with Gasteiger partial charge in [-0.3, -0.25) is 14.7 Å². The molecule has 6 rings (SSSR count). The molecule has 0 saturated heterocycles. The Labute approximate surface area is 242 Å². The normalized spacial score (nSPS) is 13.6. The van der Waals surface area contributed by atoms with Crippen LogP contribution in [0.15, 0.2) is 96.2 Å². The highest BCUT2D eigenvalue weighted by Gasteiger charge is 2.29. The number of thiazole rings is 1. The number of hydrogen-bond donors (Lipinski definition) is 0. The Morgan fingerprint density at radius 2 is 1.83 bits per heavy atom. The fourth-order valence-corrected chi connectivity index (χ4v) is 7.33. The molecule has 1 aliphatic heterocycles. The minimum absolute atomic E-state index is 0.163. The highest BCUT2D eigenvalue weighted by atomic mass is 32.2. The van der Waals surface area contributed by atoms with Crippen molar-refractivity contribution in [1.82, 2.24) is 14.3 Å². The molecule has 3 heterocycles. The first-order chi connectivity index (χ1) is 19.9. The lowest BCUT2D eigenvalue weighted by Crippen LogP contribution is -2.36. The number of carbonyl (C=O) groups excluding carboxylic acids is 1. The van der Waals surface area contributed by atoms with Crippen LogP contribution < -0.4 is 9.64 Å². The standard InChI is InChI=1S/C31H28N4O4S2/c1-2-39-26-11-14-28-29(18-26)40-31(33-28)35(20-22-6-5-16-32-19-22)30(36)24-9-12-27(13-10-24)41(37,38)34-17-15-23-7-3-4-8-25(23)21-34/h3-14,16,18-19H,2,15,17,20-21H2,1H3. The molecular formula is C31H28N4O4S2. The molecular weight excluding hydrogens is 556 g/mol. The smallest absolute Gasteiger partial charge is 0.260 e. The lowest BCUT2D eigenvalue weighted by Gasteiger charge is -2.28. The Kier molecular flexibility index (Phi) is 7.53. The van der Waals surface area contributed by atoms with Crippen LogP contribution >= 0.6 is 11.3 Å². The van der Waals surface area contributed by atoms with Gasteiger partial charge in [-0.15, -0.1) is 0 Å². The van der Waals surface area contributed by atoms with E-state index >= 15 is 0 Å². The van der Waals surface area contributed by atoms with Crippen LogP contribution in [-0.2, 0) is 29.5 Å². The molecule has 10 heteroatoms. The number of ether oxygens (including phenoxy) is 1. The zero-order chi connectivity index (χ0) is 28.4. The quantitative estimate of drug-likeness (QED) is 0.233. The third-order valence-corrected chi connectivity index (χ3v) is 9.93. The van der Waals surface area contributed by atoms with E-state index in [-0.39, 0.29) is 17.3 Å². The van der Waals surface area contributed by atoms with Crippen molar-refractivity contribution in [2.24, 2.45) is 0 Å². The Bertz CT molecular complexity index is 1810.